The van der Waals surface area contributed by atoms with Crippen LogP contribution in [0.15, 0.2) is 24.3 Å². The molecule has 1 aromatic rings. The van der Waals surface area contributed by atoms with Gasteiger partial charge in [-0.1, -0.05) is 29.8 Å². The molecule has 1 aromatic carbocycles. The van der Waals surface area contributed by atoms with Crippen molar-refractivity contribution in [2.24, 2.45) is 0 Å². The minimum Gasteiger partial charge on any atom is -0.357 e. The zero-order valence-electron chi connectivity index (χ0n) is 8.08. The van der Waals surface area contributed by atoms with Gasteiger partial charge in [0.2, 0.25) is 0 Å². The lowest BCUT2D eigenvalue weighted by molar-refractivity contribution is -0.340. The fourth-order valence-corrected chi connectivity index (χ4v) is 1.16. The van der Waals surface area contributed by atoms with Crippen molar-refractivity contribution >= 4 is 6.29 Å². The fourth-order valence-electron chi connectivity index (χ4n) is 1.16. The molecule has 0 saturated carbocycles. The highest BCUT2D eigenvalue weighted by Crippen LogP contribution is 2.27. The predicted molar refractivity (Wildman–Crippen MR) is 50.5 cm³/mol. The van der Waals surface area contributed by atoms with Crippen molar-refractivity contribution in [3.63, 3.8) is 0 Å². The van der Waals surface area contributed by atoms with Gasteiger partial charge in [0.1, 0.15) is 0 Å². The van der Waals surface area contributed by atoms with E-state index in [2.05, 4.69) is 0 Å². The third kappa shape index (κ3) is 2.05. The molecule has 4 N–H and O–H groups in total. The largest absolute Gasteiger partial charge is 0.357 e. The molecule has 0 radical (unpaired) electrons. The molecule has 0 unspecified atom stereocenters. The van der Waals surface area contributed by atoms with E-state index in [0.29, 0.717) is 5.56 Å². The third-order valence-corrected chi connectivity index (χ3v) is 2.10. The molecule has 0 aliphatic rings. The van der Waals surface area contributed by atoms with Crippen LogP contribution in [0, 0.1) is 6.92 Å². The Morgan fingerprint density at radius 2 is 1.80 bits per heavy atom. The van der Waals surface area contributed by atoms with Gasteiger partial charge in [0.15, 0.2) is 6.29 Å². The second kappa shape index (κ2) is 3.71. The van der Waals surface area contributed by atoms with Gasteiger partial charge in [-0.3, -0.25) is 4.79 Å². The summed E-state index contributed by atoms with van der Waals surface area (Å²) in [5.41, 5.74) is 0.529. The Bertz CT molecular complexity index is 370. The molecule has 5 nitrogen and oxygen atoms in total. The average Bonchev–Trinajstić information content (AvgIpc) is 2.17. The summed E-state index contributed by atoms with van der Waals surface area (Å²) >= 11 is 0. The van der Waals surface area contributed by atoms with Crippen LogP contribution in [0.3, 0.4) is 0 Å². The fraction of sp³-hybridized carbons (Fsp3) is 0.300. The number of aldehydes is 1. The van der Waals surface area contributed by atoms with E-state index in [0.717, 1.165) is 0 Å². The van der Waals surface area contributed by atoms with Crippen molar-refractivity contribution in [3.8, 4) is 0 Å². The number of carbonyl (C=O) groups is 1. The molecule has 0 saturated heterocycles. The normalized spacial score (nSPS) is 12.6. The number of aliphatic hydroxyl groups is 4. The molecule has 0 amide bonds. The summed E-state index contributed by atoms with van der Waals surface area (Å²) in [6, 6.07) is 5.81. The lowest BCUT2D eigenvalue weighted by Gasteiger charge is -2.30. The minimum absolute atomic E-state index is 0.167. The van der Waals surface area contributed by atoms with E-state index < -0.39 is 11.6 Å². The van der Waals surface area contributed by atoms with Crippen molar-refractivity contribution in [2.45, 2.75) is 18.5 Å². The molecule has 0 aromatic heterocycles. The molecule has 0 atom stereocenters. The van der Waals surface area contributed by atoms with E-state index >= 15 is 0 Å². The van der Waals surface area contributed by atoms with Gasteiger partial charge in [0.25, 0.3) is 11.6 Å². The lowest BCUT2D eigenvalue weighted by atomic mass is 9.96. The monoisotopic (exact) mass is 212 g/mol. The molecule has 0 heterocycles. The highest BCUT2D eigenvalue weighted by atomic mass is 16.6. The highest BCUT2D eigenvalue weighted by Gasteiger charge is 2.49. The van der Waals surface area contributed by atoms with Gasteiger partial charge in [0, 0.05) is 5.56 Å². The van der Waals surface area contributed by atoms with E-state index in [1.807, 2.05) is 0 Å². The van der Waals surface area contributed by atoms with Crippen molar-refractivity contribution in [1.82, 2.24) is 0 Å². The summed E-state index contributed by atoms with van der Waals surface area (Å²) in [5, 5.41) is 37.1. The summed E-state index contributed by atoms with van der Waals surface area (Å²) in [6.07, 6.45) is -0.338. The molecule has 0 aliphatic carbocycles. The first-order valence-corrected chi connectivity index (χ1v) is 4.24. The Kier molecular flexibility index (Phi) is 2.92. The summed E-state index contributed by atoms with van der Waals surface area (Å²) < 4.78 is 0. The Morgan fingerprint density at radius 1 is 1.20 bits per heavy atom. The maximum absolute atomic E-state index is 10.3. The number of benzene rings is 1. The quantitative estimate of drug-likeness (QED) is 0.381. The Hall–Kier alpha value is -1.27. The maximum atomic E-state index is 10.3. The highest BCUT2D eigenvalue weighted by molar-refractivity contribution is 5.62. The first kappa shape index (κ1) is 11.8. The zero-order chi connectivity index (χ0) is 11.7. The Morgan fingerprint density at radius 3 is 2.27 bits per heavy atom. The van der Waals surface area contributed by atoms with E-state index in [1.165, 1.54) is 18.2 Å². The van der Waals surface area contributed by atoms with Crippen molar-refractivity contribution in [3.05, 3.63) is 35.4 Å². The first-order chi connectivity index (χ1) is 6.81. The number of hydrogen-bond donors (Lipinski definition) is 4. The van der Waals surface area contributed by atoms with Crippen LogP contribution in [0.1, 0.15) is 11.1 Å². The van der Waals surface area contributed by atoms with Crippen molar-refractivity contribution in [1.29, 1.82) is 0 Å². The topological polar surface area (TPSA) is 98.0 Å². The van der Waals surface area contributed by atoms with Crippen molar-refractivity contribution in [2.75, 3.05) is 0 Å². The molecular weight excluding hydrogens is 200 g/mol. The smallest absolute Gasteiger partial charge is 0.281 e. The van der Waals surface area contributed by atoms with E-state index in [1.54, 1.807) is 13.0 Å². The van der Waals surface area contributed by atoms with Gasteiger partial charge in [-0.2, -0.15) is 0 Å². The molecule has 82 valence electrons. The van der Waals surface area contributed by atoms with Gasteiger partial charge in [-0.05, 0) is 6.92 Å². The van der Waals surface area contributed by atoms with Crippen LogP contribution in [-0.2, 0) is 10.6 Å². The minimum atomic E-state index is -3.24. The Balaban J connectivity index is 3.22. The number of aryl methyl sites for hydroxylation is 1. The average molecular weight is 212 g/mol. The first-order valence-electron chi connectivity index (χ1n) is 4.24. The number of hydrogen-bond acceptors (Lipinski definition) is 5. The van der Waals surface area contributed by atoms with Gasteiger partial charge >= 0.3 is 0 Å². The van der Waals surface area contributed by atoms with E-state index in [-0.39, 0.29) is 11.8 Å². The number of rotatable bonds is 3. The summed E-state index contributed by atoms with van der Waals surface area (Å²) in [4.78, 5) is 10.3. The molecule has 0 spiro atoms. The molecule has 0 bridgehead atoms. The van der Waals surface area contributed by atoms with Crippen LogP contribution in [0.2, 0.25) is 0 Å². The van der Waals surface area contributed by atoms with Crippen LogP contribution in [-0.4, -0.2) is 32.5 Å². The van der Waals surface area contributed by atoms with Crippen LogP contribution < -0.4 is 0 Å². The second-order valence-electron chi connectivity index (χ2n) is 3.39. The summed E-state index contributed by atoms with van der Waals surface area (Å²) in [7, 11) is 0. The Labute approximate surface area is 86.2 Å². The van der Waals surface area contributed by atoms with Crippen LogP contribution in [0.25, 0.3) is 0 Å². The van der Waals surface area contributed by atoms with Crippen molar-refractivity contribution < 1.29 is 25.2 Å². The molecule has 15 heavy (non-hydrogen) atoms. The standard InChI is InChI=1S/C10H12O5/c1-7-3-2-4-8(5-7)10(14,15)9(12,13)6-11/h2-6,12-15H,1H3. The summed E-state index contributed by atoms with van der Waals surface area (Å²) in [6.45, 7) is 1.69. The molecule has 0 aliphatic heterocycles. The lowest BCUT2D eigenvalue weighted by Crippen LogP contribution is -2.53. The van der Waals surface area contributed by atoms with Crippen LogP contribution >= 0.6 is 0 Å². The zero-order valence-corrected chi connectivity index (χ0v) is 8.08. The van der Waals surface area contributed by atoms with Gasteiger partial charge in [-0.15, -0.1) is 0 Å². The number of carbonyl (C=O) groups excluding carboxylic acids is 1. The predicted octanol–water partition coefficient (Wildman–Crippen LogP) is -0.988. The van der Waals surface area contributed by atoms with Gasteiger partial charge in [0.05, 0.1) is 0 Å². The van der Waals surface area contributed by atoms with Gasteiger partial charge in [-0.25, -0.2) is 0 Å². The molecule has 0 fully saturated rings. The SMILES string of the molecule is Cc1cccc(C(O)(O)C(O)(O)C=O)c1. The summed E-state index contributed by atoms with van der Waals surface area (Å²) in [5.74, 6) is -6.26. The molecule has 5 heteroatoms. The van der Waals surface area contributed by atoms with E-state index in [9.17, 15) is 15.0 Å². The third-order valence-electron chi connectivity index (χ3n) is 2.10. The molecule has 1 rings (SSSR count). The van der Waals surface area contributed by atoms with Crippen LogP contribution in [0.5, 0.6) is 0 Å². The van der Waals surface area contributed by atoms with Crippen LogP contribution in [0.4, 0.5) is 0 Å². The second-order valence-corrected chi connectivity index (χ2v) is 3.39. The molecular formula is C10H12O5. The van der Waals surface area contributed by atoms with Gasteiger partial charge < -0.3 is 20.4 Å². The maximum Gasteiger partial charge on any atom is 0.281 e. The van der Waals surface area contributed by atoms with E-state index in [4.69, 9.17) is 10.2 Å².